The van der Waals surface area contributed by atoms with Crippen LogP contribution in [0.25, 0.3) is 0 Å². The minimum Gasteiger partial charge on any atom is -0.535 e. The highest BCUT2D eigenvalue weighted by Gasteiger charge is 2.37. The van der Waals surface area contributed by atoms with Gasteiger partial charge in [0.1, 0.15) is 17.1 Å². The van der Waals surface area contributed by atoms with Crippen LogP contribution in [0.5, 0.6) is 5.75 Å². The molecule has 0 fully saturated rings. The molecule has 0 aromatic heterocycles. The number of carbonyl (C=O) groups excluding carboxylic acids is 3. The minimum atomic E-state index is -1.19. The van der Waals surface area contributed by atoms with Crippen molar-refractivity contribution >= 4 is 25.0 Å². The molecule has 146 valence electrons. The molecule has 27 heavy (non-hydrogen) atoms. The summed E-state index contributed by atoms with van der Waals surface area (Å²) in [7, 11) is -1.19. The zero-order valence-electron chi connectivity index (χ0n) is 15.4. The molecule has 0 bridgehead atoms. The lowest BCUT2D eigenvalue weighted by molar-refractivity contribution is -0.117. The average molecular weight is 378 g/mol. The zero-order chi connectivity index (χ0) is 19.8. The topological polar surface area (TPSA) is 108 Å². The van der Waals surface area contributed by atoms with E-state index < -0.39 is 26.0 Å². The number of ether oxygens (including phenoxy) is 3. The van der Waals surface area contributed by atoms with Gasteiger partial charge in [-0.25, -0.2) is 9.59 Å². The molecule has 0 radical (unpaired) electrons. The van der Waals surface area contributed by atoms with Gasteiger partial charge in [0.2, 0.25) is 6.79 Å². The van der Waals surface area contributed by atoms with Gasteiger partial charge in [-0.15, -0.1) is 0 Å². The fourth-order valence-electron chi connectivity index (χ4n) is 2.74. The first-order chi connectivity index (χ1) is 12.9. The summed E-state index contributed by atoms with van der Waals surface area (Å²) in [4.78, 5) is 34.9. The first-order valence-corrected chi connectivity index (χ1v) is 8.85. The van der Waals surface area contributed by atoms with Gasteiger partial charge in [-0.1, -0.05) is 25.5 Å². The molecule has 0 spiro atoms. The highest BCUT2D eigenvalue weighted by molar-refractivity contribution is 6.46. The smallest absolute Gasteiger partial charge is 0.526 e. The van der Waals surface area contributed by atoms with E-state index in [-0.39, 0.29) is 35.9 Å². The summed E-state index contributed by atoms with van der Waals surface area (Å²) in [6.45, 7) is 3.05. The Morgan fingerprint density at radius 3 is 2.74 bits per heavy atom. The SMILES string of the molecule is CCCCOC(=O)OCOC(=O)c1cccc2c1OB(O)[C@@H](CC(C)=O)C2. The Kier molecular flexibility index (Phi) is 7.66. The van der Waals surface area contributed by atoms with Crippen molar-refractivity contribution in [1.82, 2.24) is 0 Å². The van der Waals surface area contributed by atoms with Crippen LogP contribution in [-0.2, 0) is 25.4 Å². The van der Waals surface area contributed by atoms with Gasteiger partial charge in [-0.2, -0.15) is 0 Å². The number of hydrogen-bond donors (Lipinski definition) is 1. The van der Waals surface area contributed by atoms with Crippen LogP contribution in [0, 0.1) is 0 Å². The maximum atomic E-state index is 12.3. The predicted octanol–water partition coefficient (Wildman–Crippen LogP) is 2.52. The van der Waals surface area contributed by atoms with Gasteiger partial charge in [0.15, 0.2) is 0 Å². The van der Waals surface area contributed by atoms with Crippen molar-refractivity contribution in [2.75, 3.05) is 13.4 Å². The van der Waals surface area contributed by atoms with Crippen LogP contribution >= 0.6 is 0 Å². The van der Waals surface area contributed by atoms with Crippen LogP contribution in [0.15, 0.2) is 18.2 Å². The van der Waals surface area contributed by atoms with Crippen LogP contribution in [-0.4, -0.2) is 43.5 Å². The molecule has 1 N–H and O–H groups in total. The number of rotatable bonds is 8. The molecule has 1 aliphatic heterocycles. The standard InChI is InChI=1S/C18H23BO8/c1-3-4-8-24-18(22)26-11-25-17(21)15-7-5-6-13-10-14(9-12(2)20)19(23)27-16(13)15/h5-7,14,23H,3-4,8-11H2,1-2H3/t14-/m0/s1. The van der Waals surface area contributed by atoms with Crippen LogP contribution in [0.4, 0.5) is 4.79 Å². The number of carbonyl (C=O) groups is 3. The van der Waals surface area contributed by atoms with Crippen molar-refractivity contribution in [2.45, 2.75) is 45.3 Å². The van der Waals surface area contributed by atoms with E-state index >= 15 is 0 Å². The first-order valence-electron chi connectivity index (χ1n) is 8.85. The van der Waals surface area contributed by atoms with Crippen molar-refractivity contribution in [3.8, 4) is 5.75 Å². The molecule has 0 aliphatic carbocycles. The minimum absolute atomic E-state index is 0.0513. The molecule has 0 saturated heterocycles. The Balaban J connectivity index is 1.95. The quantitative estimate of drug-likeness (QED) is 0.318. The Labute approximate surface area is 157 Å². The van der Waals surface area contributed by atoms with E-state index in [0.717, 1.165) is 12.8 Å². The molecule has 1 atom stereocenters. The summed E-state index contributed by atoms with van der Waals surface area (Å²) in [5.41, 5.74) is 0.802. The van der Waals surface area contributed by atoms with E-state index in [1.54, 1.807) is 12.1 Å². The van der Waals surface area contributed by atoms with Gasteiger partial charge in [-0.3, -0.25) is 0 Å². The molecular formula is C18H23BO8. The second-order valence-electron chi connectivity index (χ2n) is 6.32. The molecule has 1 aromatic carbocycles. The first kappa shape index (κ1) is 20.8. The third-order valence-corrected chi connectivity index (χ3v) is 4.07. The molecule has 9 heteroatoms. The fourth-order valence-corrected chi connectivity index (χ4v) is 2.74. The Hall–Kier alpha value is -2.55. The predicted molar refractivity (Wildman–Crippen MR) is 95.4 cm³/mol. The zero-order valence-corrected chi connectivity index (χ0v) is 15.4. The van der Waals surface area contributed by atoms with E-state index in [1.807, 2.05) is 6.92 Å². The van der Waals surface area contributed by atoms with Gasteiger partial charge in [0, 0.05) is 12.2 Å². The molecule has 0 saturated carbocycles. The lowest BCUT2D eigenvalue weighted by Gasteiger charge is -2.28. The van der Waals surface area contributed by atoms with Crippen LogP contribution < -0.4 is 4.65 Å². The summed E-state index contributed by atoms with van der Waals surface area (Å²) >= 11 is 0. The van der Waals surface area contributed by atoms with E-state index in [1.165, 1.54) is 13.0 Å². The van der Waals surface area contributed by atoms with Crippen molar-refractivity contribution in [1.29, 1.82) is 0 Å². The third-order valence-electron chi connectivity index (χ3n) is 4.07. The molecule has 2 rings (SSSR count). The van der Waals surface area contributed by atoms with Gasteiger partial charge in [0.05, 0.1) is 6.61 Å². The summed E-state index contributed by atoms with van der Waals surface area (Å²) in [6, 6.07) is 4.90. The van der Waals surface area contributed by atoms with Crippen LogP contribution in [0.1, 0.15) is 49.0 Å². The third kappa shape index (κ3) is 5.99. The molecule has 1 aliphatic rings. The number of Topliss-reactive ketones (excluding diaryl/α,β-unsaturated/α-hetero) is 1. The van der Waals surface area contributed by atoms with E-state index in [0.29, 0.717) is 12.0 Å². The molecular weight excluding hydrogens is 355 g/mol. The normalized spacial score (nSPS) is 15.4. The summed E-state index contributed by atoms with van der Waals surface area (Å²) in [5.74, 6) is -0.974. The van der Waals surface area contributed by atoms with Gasteiger partial charge < -0.3 is 28.7 Å². The molecule has 0 unspecified atom stereocenters. The Morgan fingerprint density at radius 1 is 1.26 bits per heavy atom. The van der Waals surface area contributed by atoms with Crippen molar-refractivity contribution in [3.05, 3.63) is 29.3 Å². The number of hydrogen-bond acceptors (Lipinski definition) is 8. The molecule has 8 nitrogen and oxygen atoms in total. The maximum Gasteiger partial charge on any atom is 0.526 e. The van der Waals surface area contributed by atoms with Gasteiger partial charge >= 0.3 is 19.2 Å². The summed E-state index contributed by atoms with van der Waals surface area (Å²) < 4.78 is 19.8. The van der Waals surface area contributed by atoms with E-state index in [2.05, 4.69) is 4.74 Å². The van der Waals surface area contributed by atoms with Crippen LogP contribution in [0.3, 0.4) is 0 Å². The molecule has 1 aromatic rings. The fraction of sp³-hybridized carbons (Fsp3) is 0.500. The Morgan fingerprint density at radius 2 is 2.04 bits per heavy atom. The number of unbranched alkanes of at least 4 members (excludes halogenated alkanes) is 1. The largest absolute Gasteiger partial charge is 0.535 e. The molecule has 0 amide bonds. The highest BCUT2D eigenvalue weighted by Crippen LogP contribution is 2.36. The lowest BCUT2D eigenvalue weighted by Crippen LogP contribution is -2.35. The number of ketones is 1. The maximum absolute atomic E-state index is 12.3. The van der Waals surface area contributed by atoms with E-state index in [4.69, 9.17) is 14.1 Å². The lowest BCUT2D eigenvalue weighted by atomic mass is 9.64. The monoisotopic (exact) mass is 378 g/mol. The summed E-state index contributed by atoms with van der Waals surface area (Å²) in [6.07, 6.45) is 1.27. The van der Waals surface area contributed by atoms with E-state index in [9.17, 15) is 19.4 Å². The number of benzene rings is 1. The Bertz CT molecular complexity index is 690. The molecule has 1 heterocycles. The number of fused-ring (bicyclic) bond motifs is 1. The van der Waals surface area contributed by atoms with Crippen molar-refractivity contribution in [2.24, 2.45) is 0 Å². The highest BCUT2D eigenvalue weighted by atomic mass is 16.8. The van der Waals surface area contributed by atoms with Crippen LogP contribution in [0.2, 0.25) is 5.82 Å². The number of para-hydroxylation sites is 1. The second kappa shape index (κ2) is 9.96. The van der Waals surface area contributed by atoms with Gasteiger partial charge in [0.25, 0.3) is 0 Å². The van der Waals surface area contributed by atoms with Gasteiger partial charge in [-0.05, 0) is 31.4 Å². The number of esters is 1. The second-order valence-corrected chi connectivity index (χ2v) is 6.32. The van der Waals surface area contributed by atoms with Crippen molar-refractivity contribution in [3.63, 3.8) is 0 Å². The van der Waals surface area contributed by atoms with Crippen molar-refractivity contribution < 1.29 is 38.3 Å². The average Bonchev–Trinajstić information content (AvgIpc) is 2.61. The summed E-state index contributed by atoms with van der Waals surface area (Å²) in [5, 5.41) is 10.1.